The Morgan fingerprint density at radius 1 is 0.971 bits per heavy atom. The van der Waals surface area contributed by atoms with Crippen LogP contribution in [0.4, 0.5) is 0 Å². The number of aryl methyl sites for hydroxylation is 1. The first-order valence-corrected chi connectivity index (χ1v) is 10.1. The molecule has 5 heteroatoms. The first kappa shape index (κ1) is 14.8. The monoisotopic (exact) mass is 634 g/mol. The molecular formula is C29H25IrN3O-2. The smallest absolute Gasteiger partial charge is 0.215 e. The normalized spacial score (nSPS) is 17.3. The second-order valence-corrected chi connectivity index (χ2v) is 6.86. The molecule has 1 radical (unpaired) electrons. The van der Waals surface area contributed by atoms with E-state index >= 15 is 0 Å². The molecule has 0 saturated carbocycles. The summed E-state index contributed by atoms with van der Waals surface area (Å²) in [4.78, 5) is 12.1. The minimum atomic E-state index is -2.39. The molecule has 5 rings (SSSR count). The fourth-order valence-electron chi connectivity index (χ4n) is 2.91. The maximum atomic E-state index is 8.00. The summed E-state index contributed by atoms with van der Waals surface area (Å²) in [5.74, 6) is 0. The van der Waals surface area contributed by atoms with Crippen LogP contribution in [0, 0.1) is 19.0 Å². The number of fused-ring (bicyclic) bond motifs is 1. The second-order valence-electron chi connectivity index (χ2n) is 6.86. The van der Waals surface area contributed by atoms with Gasteiger partial charge in [0, 0.05) is 58.0 Å². The Kier molecular flexibility index (Phi) is 5.53. The van der Waals surface area contributed by atoms with Crippen molar-refractivity contribution in [2.24, 2.45) is 4.99 Å². The number of nitrogens with zero attached hydrogens (tertiary/aromatic N) is 3. The van der Waals surface area contributed by atoms with Gasteiger partial charge >= 0.3 is 0 Å². The predicted octanol–water partition coefficient (Wildman–Crippen LogP) is 7.09. The zero-order valence-electron chi connectivity index (χ0n) is 27.8. The summed E-state index contributed by atoms with van der Waals surface area (Å²) in [5.41, 5.74) is 2.35. The zero-order chi connectivity index (χ0) is 31.4. The Hall–Kier alpha value is -3.40. The molecule has 173 valence electrons. The van der Waals surface area contributed by atoms with E-state index in [2.05, 4.69) is 27.1 Å². The molecule has 0 bridgehead atoms. The van der Waals surface area contributed by atoms with Crippen LogP contribution in [0.25, 0.3) is 22.4 Å². The topological polar surface area (TPSA) is 51.3 Å². The van der Waals surface area contributed by atoms with Crippen molar-refractivity contribution in [3.05, 3.63) is 120 Å². The van der Waals surface area contributed by atoms with Crippen LogP contribution in [0.3, 0.4) is 0 Å². The Labute approximate surface area is 228 Å². The van der Waals surface area contributed by atoms with Crippen molar-refractivity contribution in [2.75, 3.05) is 0 Å². The first-order chi connectivity index (χ1) is 20.3. The van der Waals surface area contributed by atoms with Crippen LogP contribution in [-0.2, 0) is 20.1 Å². The van der Waals surface area contributed by atoms with Gasteiger partial charge in [0.1, 0.15) is 0 Å². The fourth-order valence-corrected chi connectivity index (χ4v) is 2.91. The third-order valence-corrected chi connectivity index (χ3v) is 4.54. The molecule has 1 aliphatic heterocycles. The molecule has 0 saturated heterocycles. The van der Waals surface area contributed by atoms with Gasteiger partial charge in [-0.15, -0.1) is 54.1 Å². The molecule has 4 aromatic rings. The van der Waals surface area contributed by atoms with Gasteiger partial charge in [-0.05, 0) is 56.1 Å². The number of allylic oxidation sites excluding steroid dienone is 1. The number of pyridine rings is 2. The molecule has 4 nitrogen and oxygen atoms in total. The minimum Gasteiger partial charge on any atom is -0.493 e. The van der Waals surface area contributed by atoms with E-state index in [0.717, 1.165) is 11.3 Å². The van der Waals surface area contributed by atoms with Crippen LogP contribution in [0.5, 0.6) is 0 Å². The summed E-state index contributed by atoms with van der Waals surface area (Å²) in [6, 6.07) is 20.1. The van der Waals surface area contributed by atoms with Gasteiger partial charge in [-0.25, -0.2) is 4.98 Å². The standard InChI is InChI=1S/C17H13N2O.C12H12N.Ir/c1-13-9-10-14-6-2-3-7-15(12-20-17(14)19-13)16-8-4-5-11-18-16;1-10-7-8-12(13-9-10)11-5-3-2-4-6-11;/h2-6,8-12H,1H3;2-5,9H,7-8H2,1H3;/q2*-1;/i1D3,4D,5D,8D,11D;1D3;. The Morgan fingerprint density at radius 3 is 2.68 bits per heavy atom. The molecule has 1 aliphatic rings. The summed E-state index contributed by atoms with van der Waals surface area (Å²) in [7, 11) is 0. The summed E-state index contributed by atoms with van der Waals surface area (Å²) >= 11 is 0. The largest absolute Gasteiger partial charge is 0.493 e. The van der Waals surface area contributed by atoms with Crippen molar-refractivity contribution < 1.29 is 38.2 Å². The quantitative estimate of drug-likeness (QED) is 0.222. The van der Waals surface area contributed by atoms with E-state index < -0.39 is 32.0 Å². The number of hydrogen-bond donors (Lipinski definition) is 0. The molecule has 0 aliphatic carbocycles. The van der Waals surface area contributed by atoms with E-state index in [1.165, 1.54) is 24.6 Å². The van der Waals surface area contributed by atoms with Gasteiger partial charge in [-0.2, -0.15) is 0 Å². The van der Waals surface area contributed by atoms with E-state index in [9.17, 15) is 0 Å². The van der Waals surface area contributed by atoms with E-state index in [-0.39, 0.29) is 48.8 Å². The van der Waals surface area contributed by atoms with Crippen LogP contribution in [0.1, 0.15) is 44.7 Å². The van der Waals surface area contributed by atoms with Crippen molar-refractivity contribution in [3.63, 3.8) is 0 Å². The Bertz CT molecular complexity index is 1750. The average Bonchev–Trinajstić information content (AvgIpc) is 3.08. The molecule has 0 N–H and O–H groups in total. The van der Waals surface area contributed by atoms with Crippen molar-refractivity contribution in [1.82, 2.24) is 9.97 Å². The molecule has 4 heterocycles. The van der Waals surface area contributed by atoms with Crippen LogP contribution in [0.2, 0.25) is 0 Å². The number of aromatic nitrogens is 2. The molecule has 0 fully saturated rings. The van der Waals surface area contributed by atoms with Crippen molar-refractivity contribution in [2.45, 2.75) is 26.5 Å². The van der Waals surface area contributed by atoms with Crippen LogP contribution in [-0.4, -0.2) is 15.7 Å². The molecule has 3 aromatic heterocycles. The Morgan fingerprint density at radius 2 is 1.88 bits per heavy atom. The second kappa shape index (κ2) is 12.7. The van der Waals surface area contributed by atoms with Gasteiger partial charge in [0.05, 0.1) is 5.48 Å². The average molecular weight is 634 g/mol. The van der Waals surface area contributed by atoms with Crippen LogP contribution >= 0.6 is 0 Å². The molecule has 0 spiro atoms. The number of rotatable bonds is 2. The fraction of sp³-hybridized carbons (Fsp3) is 0.138. The van der Waals surface area contributed by atoms with Gasteiger partial charge < -0.3 is 14.4 Å². The number of benzene rings is 1. The first-order valence-electron chi connectivity index (χ1n) is 15.1. The van der Waals surface area contributed by atoms with Crippen LogP contribution in [0.15, 0.2) is 106 Å². The van der Waals surface area contributed by atoms with Gasteiger partial charge in [0.15, 0.2) is 0 Å². The van der Waals surface area contributed by atoms with E-state index in [4.69, 9.17) is 18.1 Å². The van der Waals surface area contributed by atoms with Crippen molar-refractivity contribution in [3.8, 4) is 11.3 Å². The van der Waals surface area contributed by atoms with E-state index in [1.807, 2.05) is 24.3 Å². The van der Waals surface area contributed by atoms with Crippen molar-refractivity contribution >= 4 is 16.8 Å². The molecule has 0 amide bonds. The van der Waals surface area contributed by atoms with E-state index in [0.29, 0.717) is 23.8 Å². The molecular weight excluding hydrogens is 599 g/mol. The third-order valence-electron chi connectivity index (χ3n) is 4.54. The summed E-state index contributed by atoms with van der Waals surface area (Å²) in [6.45, 7) is -4.40. The number of aliphatic imine (C=N–C) groups is 1. The third kappa shape index (κ3) is 7.05. The maximum absolute atomic E-state index is 8.00. The molecule has 0 atom stereocenters. The predicted molar refractivity (Wildman–Crippen MR) is 133 cm³/mol. The van der Waals surface area contributed by atoms with Gasteiger partial charge in [-0.1, -0.05) is 29.3 Å². The summed E-state index contributed by atoms with van der Waals surface area (Å²) in [6.07, 6.45) is 3.45. The Balaban J connectivity index is 0.000000266. The molecule has 34 heavy (non-hydrogen) atoms. The van der Waals surface area contributed by atoms with Gasteiger partial charge in [0.2, 0.25) is 5.71 Å². The minimum absolute atomic E-state index is 0. The van der Waals surface area contributed by atoms with Crippen LogP contribution < -0.4 is 0 Å². The van der Waals surface area contributed by atoms with E-state index in [1.54, 1.807) is 18.2 Å². The molecule has 0 unspecified atom stereocenters. The number of hydrogen-bond acceptors (Lipinski definition) is 4. The summed E-state index contributed by atoms with van der Waals surface area (Å²) in [5, 5.41) is 0.543. The maximum Gasteiger partial charge on any atom is 0.215 e. The zero-order valence-corrected chi connectivity index (χ0v) is 20.2. The van der Waals surface area contributed by atoms with Gasteiger partial charge in [-0.3, -0.25) is 0 Å². The summed E-state index contributed by atoms with van der Waals surface area (Å²) < 4.78 is 80.8. The SMILES string of the molecule is [2H]C([2H])([2H])C1=CN=C(c2[c-]cccc2)CC1.[2H]c1nc(-c2[c-]cccc3ccc(C([2H])([2H])[2H])nc3oc2)c([2H])c([2H])c1[2H].[Ir]. The molecule has 1 aromatic carbocycles. The van der Waals surface area contributed by atoms with Gasteiger partial charge in [0.25, 0.3) is 0 Å². The van der Waals surface area contributed by atoms with Crippen molar-refractivity contribution in [1.29, 1.82) is 0 Å².